The number of carbonyl (C=O) groups is 2. The summed E-state index contributed by atoms with van der Waals surface area (Å²) >= 11 is 0. The molecule has 2 saturated heterocycles. The first-order chi connectivity index (χ1) is 21.0. The minimum Gasteiger partial charge on any atom is -0.451 e. The van der Waals surface area contributed by atoms with E-state index in [2.05, 4.69) is 20.6 Å². The number of fused-ring (bicyclic) bond motifs is 2. The van der Waals surface area contributed by atoms with E-state index in [0.29, 0.717) is 80.5 Å². The van der Waals surface area contributed by atoms with E-state index >= 15 is 0 Å². The molecule has 3 aromatic heterocycles. The molecule has 0 saturated carbocycles. The number of aromatic nitrogens is 2. The summed E-state index contributed by atoms with van der Waals surface area (Å²) in [5.74, 6) is -0.392. The lowest BCUT2D eigenvalue weighted by molar-refractivity contribution is 0.0283. The molecule has 12 nitrogen and oxygen atoms in total. The molecule has 0 unspecified atom stereocenters. The molecule has 0 bridgehead atoms. The van der Waals surface area contributed by atoms with Crippen LogP contribution in [0.4, 0.5) is 27.5 Å². The fourth-order valence-corrected chi connectivity index (χ4v) is 5.08. The normalized spacial score (nSPS) is 15.7. The topological polar surface area (TPSA) is 135 Å². The van der Waals surface area contributed by atoms with E-state index in [0.717, 1.165) is 11.6 Å². The number of halogens is 1. The second-order valence-electron chi connectivity index (χ2n) is 10.2. The fraction of sp³-hybridized carbons (Fsp3) is 0.267. The Bertz CT molecular complexity index is 1820. The Morgan fingerprint density at radius 1 is 0.721 bits per heavy atom. The summed E-state index contributed by atoms with van der Waals surface area (Å²) in [6.07, 6.45) is 1.07. The van der Waals surface area contributed by atoms with Gasteiger partial charge in [0.15, 0.2) is 23.2 Å². The lowest BCUT2D eigenvalue weighted by Gasteiger charge is -2.25. The highest BCUT2D eigenvalue weighted by Crippen LogP contribution is 2.28. The Morgan fingerprint density at radius 3 is 1.77 bits per heavy atom. The summed E-state index contributed by atoms with van der Waals surface area (Å²) < 4.78 is 36.9. The molecule has 2 aliphatic heterocycles. The maximum absolute atomic E-state index is 14.7. The quantitative estimate of drug-likeness (QED) is 0.292. The van der Waals surface area contributed by atoms with Gasteiger partial charge in [-0.2, -0.15) is 4.98 Å². The van der Waals surface area contributed by atoms with Crippen molar-refractivity contribution in [1.82, 2.24) is 19.8 Å². The van der Waals surface area contributed by atoms with Gasteiger partial charge in [-0.25, -0.2) is 9.37 Å². The first kappa shape index (κ1) is 26.9. The molecule has 2 aliphatic rings. The molecule has 0 atom stereocenters. The van der Waals surface area contributed by atoms with E-state index in [4.69, 9.17) is 18.3 Å². The highest BCUT2D eigenvalue weighted by Gasteiger charge is 2.23. The highest BCUT2D eigenvalue weighted by molar-refractivity contribution is 5.98. The van der Waals surface area contributed by atoms with Crippen molar-refractivity contribution in [2.45, 2.75) is 0 Å². The van der Waals surface area contributed by atoms with Crippen LogP contribution in [0.1, 0.15) is 21.1 Å². The smallest absolute Gasteiger partial charge is 0.289 e. The maximum atomic E-state index is 14.7. The summed E-state index contributed by atoms with van der Waals surface area (Å²) in [6, 6.07) is 13.9. The lowest BCUT2D eigenvalue weighted by Crippen LogP contribution is -2.40. The number of hydrogen-bond acceptors (Lipinski definition) is 10. The molecule has 5 heterocycles. The van der Waals surface area contributed by atoms with Crippen LogP contribution in [0.3, 0.4) is 0 Å². The molecule has 0 spiro atoms. The minimum atomic E-state index is -0.641. The number of morpholine rings is 2. The average molecular weight is 587 g/mol. The third-order valence-electron chi connectivity index (χ3n) is 7.31. The minimum absolute atomic E-state index is 0.0345. The summed E-state index contributed by atoms with van der Waals surface area (Å²) in [5.41, 5.74) is 2.29. The summed E-state index contributed by atoms with van der Waals surface area (Å²) in [7, 11) is 0. The predicted molar refractivity (Wildman–Crippen MR) is 154 cm³/mol. The molecular weight excluding hydrogens is 559 g/mol. The molecule has 7 rings (SSSR count). The Kier molecular flexibility index (Phi) is 7.09. The number of amides is 2. The number of hydrogen-bond donors (Lipinski definition) is 2. The van der Waals surface area contributed by atoms with Gasteiger partial charge in [-0.05, 0) is 48.5 Å². The second kappa shape index (κ2) is 11.3. The first-order valence-corrected chi connectivity index (χ1v) is 13.9. The summed E-state index contributed by atoms with van der Waals surface area (Å²) in [5, 5.41) is 7.48. The van der Waals surface area contributed by atoms with Gasteiger partial charge in [0.05, 0.1) is 32.6 Å². The van der Waals surface area contributed by atoms with E-state index in [1.54, 1.807) is 58.3 Å². The number of benzene rings is 2. The first-order valence-electron chi connectivity index (χ1n) is 13.9. The van der Waals surface area contributed by atoms with Gasteiger partial charge < -0.3 is 38.7 Å². The van der Waals surface area contributed by atoms with Crippen LogP contribution in [-0.2, 0) is 9.47 Å². The van der Waals surface area contributed by atoms with Crippen molar-refractivity contribution in [2.75, 3.05) is 63.2 Å². The van der Waals surface area contributed by atoms with Crippen LogP contribution in [0, 0.1) is 5.82 Å². The summed E-state index contributed by atoms with van der Waals surface area (Å²) in [6.45, 7) is 4.06. The molecule has 2 aromatic carbocycles. The molecule has 43 heavy (non-hydrogen) atoms. The predicted octanol–water partition coefficient (Wildman–Crippen LogP) is 4.54. The van der Waals surface area contributed by atoms with Gasteiger partial charge in [0, 0.05) is 48.3 Å². The van der Waals surface area contributed by atoms with E-state index in [-0.39, 0.29) is 35.1 Å². The maximum Gasteiger partial charge on any atom is 0.289 e. The van der Waals surface area contributed by atoms with Crippen LogP contribution in [0.15, 0.2) is 63.6 Å². The highest BCUT2D eigenvalue weighted by atomic mass is 19.1. The standard InChI is InChI=1S/C30H27FN6O6/c31-22-17-32-30(34-21-2-4-24-19(14-21)16-26(43-24)29(39)37-7-11-41-12-8-37)35-27(22)33-20-1-3-23-18(13-20)15-25(42-23)28(38)36-5-9-40-10-6-36/h1-4,13-17H,5-12H2,(H2,32,33,34,35). The van der Waals surface area contributed by atoms with Gasteiger partial charge in [0.2, 0.25) is 5.95 Å². The Hall–Kier alpha value is -5.01. The zero-order chi connectivity index (χ0) is 29.3. The number of nitrogens with zero attached hydrogens (tertiary/aromatic N) is 4. The third-order valence-corrected chi connectivity index (χ3v) is 7.31. The fourth-order valence-electron chi connectivity index (χ4n) is 5.08. The number of furan rings is 2. The van der Waals surface area contributed by atoms with Crippen LogP contribution in [0.25, 0.3) is 21.9 Å². The Balaban J connectivity index is 1.06. The van der Waals surface area contributed by atoms with Gasteiger partial charge in [0.1, 0.15) is 11.2 Å². The van der Waals surface area contributed by atoms with Gasteiger partial charge >= 0.3 is 0 Å². The van der Waals surface area contributed by atoms with E-state index in [9.17, 15) is 14.0 Å². The van der Waals surface area contributed by atoms with E-state index in [1.165, 1.54) is 0 Å². The van der Waals surface area contributed by atoms with Crippen LogP contribution in [-0.4, -0.2) is 84.2 Å². The number of nitrogens with one attached hydrogen (secondary N) is 2. The van der Waals surface area contributed by atoms with E-state index in [1.807, 2.05) is 0 Å². The van der Waals surface area contributed by atoms with Gasteiger partial charge in [0.25, 0.3) is 11.8 Å². The van der Waals surface area contributed by atoms with Crippen LogP contribution >= 0.6 is 0 Å². The average Bonchev–Trinajstić information content (AvgIpc) is 3.67. The molecule has 2 N–H and O–H groups in total. The molecule has 2 fully saturated rings. The Morgan fingerprint density at radius 2 is 1.23 bits per heavy atom. The molecule has 0 aliphatic carbocycles. The van der Waals surface area contributed by atoms with Gasteiger partial charge in [-0.1, -0.05) is 0 Å². The molecule has 220 valence electrons. The van der Waals surface area contributed by atoms with Crippen molar-refractivity contribution < 1.29 is 32.3 Å². The number of carbonyl (C=O) groups excluding carboxylic acids is 2. The largest absolute Gasteiger partial charge is 0.451 e. The lowest BCUT2D eigenvalue weighted by atomic mass is 10.2. The monoisotopic (exact) mass is 586 g/mol. The molecule has 13 heteroatoms. The van der Waals surface area contributed by atoms with Gasteiger partial charge in [-0.3, -0.25) is 9.59 Å². The van der Waals surface area contributed by atoms with Crippen molar-refractivity contribution in [1.29, 1.82) is 0 Å². The zero-order valence-electron chi connectivity index (χ0n) is 23.0. The van der Waals surface area contributed by atoms with Crippen molar-refractivity contribution in [3.8, 4) is 0 Å². The van der Waals surface area contributed by atoms with Crippen molar-refractivity contribution in [2.24, 2.45) is 0 Å². The van der Waals surface area contributed by atoms with Crippen LogP contribution in [0.5, 0.6) is 0 Å². The number of ether oxygens (including phenoxy) is 2. The second-order valence-corrected chi connectivity index (χ2v) is 10.2. The van der Waals surface area contributed by atoms with Gasteiger partial charge in [-0.15, -0.1) is 0 Å². The number of rotatable bonds is 6. The summed E-state index contributed by atoms with van der Waals surface area (Å²) in [4.78, 5) is 37.4. The van der Waals surface area contributed by atoms with Crippen LogP contribution in [0.2, 0.25) is 0 Å². The third kappa shape index (κ3) is 5.59. The molecule has 2 amide bonds. The SMILES string of the molecule is O=C(c1cc2cc(Nc3ncc(F)c(Nc4ccc5oc(C(=O)N6CCOCC6)cc5c4)n3)ccc2o1)N1CCOCC1. The van der Waals surface area contributed by atoms with Crippen LogP contribution < -0.4 is 10.6 Å². The molecule has 0 radical (unpaired) electrons. The van der Waals surface area contributed by atoms with Crippen molar-refractivity contribution in [3.63, 3.8) is 0 Å². The van der Waals surface area contributed by atoms with Crippen molar-refractivity contribution in [3.05, 3.63) is 72.1 Å². The molecule has 5 aromatic rings. The zero-order valence-corrected chi connectivity index (χ0v) is 23.0. The Labute approximate surface area is 244 Å². The van der Waals surface area contributed by atoms with Crippen molar-refractivity contribution >= 4 is 56.9 Å². The number of anilines is 4. The van der Waals surface area contributed by atoms with E-state index < -0.39 is 5.82 Å². The molecular formula is C30H27FN6O6.